The van der Waals surface area contributed by atoms with Crippen molar-refractivity contribution in [1.29, 1.82) is 0 Å². The molecule has 16 nitrogen and oxygen atoms in total. The van der Waals surface area contributed by atoms with Crippen LogP contribution in [0, 0.1) is 0 Å². The summed E-state index contributed by atoms with van der Waals surface area (Å²) < 4.78 is 75.3. The minimum atomic E-state index is -4.88. The van der Waals surface area contributed by atoms with Crippen molar-refractivity contribution in [3.63, 3.8) is 0 Å². The molecular formula is C26H26F3N6O10P. The van der Waals surface area contributed by atoms with E-state index in [1.54, 1.807) is 30.3 Å². The Morgan fingerprint density at radius 1 is 1.20 bits per heavy atom. The lowest BCUT2D eigenvalue weighted by Gasteiger charge is -2.29. The molecule has 3 aromatic rings. The number of carbonyl (C=O) groups is 1. The highest BCUT2D eigenvalue weighted by atomic mass is 31.2. The maximum atomic E-state index is 14.0. The van der Waals surface area contributed by atoms with Gasteiger partial charge in [-0.15, -0.1) is 0 Å². The fourth-order valence-electron chi connectivity index (χ4n) is 4.18. The van der Waals surface area contributed by atoms with Crippen molar-refractivity contribution >= 4 is 13.7 Å². The predicted octanol–water partition coefficient (Wildman–Crippen LogP) is 2.74. The quantitative estimate of drug-likeness (QED) is 0.0720. The molecule has 6 atom stereocenters. The lowest BCUT2D eigenvalue weighted by atomic mass is 10.1. The monoisotopic (exact) mass is 670 g/mol. The maximum absolute atomic E-state index is 14.0. The van der Waals surface area contributed by atoms with E-state index >= 15 is 0 Å². The van der Waals surface area contributed by atoms with Crippen molar-refractivity contribution in [3.8, 4) is 5.75 Å². The number of halogens is 3. The molecule has 0 saturated carbocycles. The average molecular weight is 670 g/mol. The van der Waals surface area contributed by atoms with Gasteiger partial charge in [-0.3, -0.25) is 23.7 Å². The van der Waals surface area contributed by atoms with Crippen molar-refractivity contribution in [2.45, 2.75) is 49.9 Å². The standard InChI is InChI=1S/C26H26F3N6O10P/c1-15(23(39)42-13-16-5-3-2-4-6-16)32-46(41,45-18-9-7-17(8-10-18)26(27,28)29)43-14-25(33-34-30)21(38)20(37)22(44-25)35-12-11-19(36)31-24(35)40/h2-12,15,20-22,37-38H,13-14H2,1H3,(H,32,41)(H,31,36,40)/t15-,20+,21-,22+,25+,46?/m0/s1. The molecule has 1 aromatic heterocycles. The molecule has 1 aliphatic heterocycles. The summed E-state index contributed by atoms with van der Waals surface area (Å²) in [7, 11) is -4.88. The first-order chi connectivity index (χ1) is 21.7. The van der Waals surface area contributed by atoms with Gasteiger partial charge in [0.1, 0.15) is 30.6 Å². The van der Waals surface area contributed by atoms with E-state index in [0.717, 1.165) is 24.4 Å². The highest BCUT2D eigenvalue weighted by Gasteiger charge is 2.56. The number of esters is 1. The second-order valence-corrected chi connectivity index (χ2v) is 11.5. The van der Waals surface area contributed by atoms with E-state index in [4.69, 9.17) is 18.5 Å². The van der Waals surface area contributed by atoms with Gasteiger partial charge in [0.2, 0.25) is 5.72 Å². The van der Waals surface area contributed by atoms with Gasteiger partial charge in [0.05, 0.1) is 12.2 Å². The molecule has 1 fully saturated rings. The molecule has 246 valence electrons. The van der Waals surface area contributed by atoms with Crippen LogP contribution in [0.5, 0.6) is 5.75 Å². The van der Waals surface area contributed by atoms with Crippen molar-refractivity contribution < 1.29 is 51.3 Å². The molecular weight excluding hydrogens is 644 g/mol. The Labute approximate surface area is 256 Å². The van der Waals surface area contributed by atoms with Crippen LogP contribution in [0.1, 0.15) is 24.3 Å². The Morgan fingerprint density at radius 3 is 2.48 bits per heavy atom. The van der Waals surface area contributed by atoms with E-state index in [0.29, 0.717) is 22.3 Å². The number of nitrogens with one attached hydrogen (secondary N) is 2. The van der Waals surface area contributed by atoms with E-state index in [1.807, 2.05) is 4.98 Å². The molecule has 2 heterocycles. The molecule has 4 rings (SSSR count). The average Bonchev–Trinajstić information content (AvgIpc) is 3.24. The van der Waals surface area contributed by atoms with Gasteiger partial charge in [-0.2, -0.15) is 18.3 Å². The molecule has 20 heteroatoms. The Morgan fingerprint density at radius 2 is 1.87 bits per heavy atom. The minimum absolute atomic E-state index is 0.167. The number of nitrogens with zero attached hydrogens (tertiary/aromatic N) is 4. The largest absolute Gasteiger partial charge is 0.460 e. The molecule has 46 heavy (non-hydrogen) atoms. The van der Waals surface area contributed by atoms with Crippen molar-refractivity contribution in [1.82, 2.24) is 14.6 Å². The predicted molar refractivity (Wildman–Crippen MR) is 150 cm³/mol. The number of aliphatic hydroxyl groups excluding tert-OH is 2. The Balaban J connectivity index is 1.60. The number of H-pyrrole nitrogens is 1. The van der Waals surface area contributed by atoms with E-state index in [2.05, 4.69) is 15.1 Å². The summed E-state index contributed by atoms with van der Waals surface area (Å²) in [6.07, 6.45) is -9.65. The summed E-state index contributed by atoms with van der Waals surface area (Å²) in [6.45, 7) is -0.118. The summed E-state index contributed by atoms with van der Waals surface area (Å²) in [5, 5.41) is 27.1. The van der Waals surface area contributed by atoms with E-state index < -0.39 is 79.3 Å². The van der Waals surface area contributed by atoms with Crippen LogP contribution >= 0.6 is 7.75 Å². The first-order valence-electron chi connectivity index (χ1n) is 13.2. The number of benzene rings is 2. The van der Waals surface area contributed by atoms with Gasteiger partial charge < -0.3 is 24.2 Å². The van der Waals surface area contributed by atoms with E-state index in [-0.39, 0.29) is 6.61 Å². The summed E-state index contributed by atoms with van der Waals surface area (Å²) in [5.74, 6) is -1.37. The maximum Gasteiger partial charge on any atom is 0.459 e. The molecule has 0 radical (unpaired) electrons. The summed E-state index contributed by atoms with van der Waals surface area (Å²) >= 11 is 0. The molecule has 1 saturated heterocycles. The fraction of sp³-hybridized carbons (Fsp3) is 0.346. The molecule has 0 bridgehead atoms. The zero-order valence-corrected chi connectivity index (χ0v) is 24.5. The number of hydrogen-bond donors (Lipinski definition) is 4. The number of aromatic nitrogens is 2. The number of rotatable bonds is 12. The number of aromatic amines is 1. The van der Waals surface area contributed by atoms with E-state index in [1.165, 1.54) is 6.92 Å². The Hall–Kier alpha value is -4.48. The number of carbonyl (C=O) groups excluding carboxylic acids is 1. The van der Waals surface area contributed by atoms with Gasteiger partial charge >= 0.3 is 25.6 Å². The van der Waals surface area contributed by atoms with Crippen LogP contribution in [0.4, 0.5) is 13.2 Å². The fourth-order valence-corrected chi connectivity index (χ4v) is 5.70. The highest BCUT2D eigenvalue weighted by molar-refractivity contribution is 7.52. The second-order valence-electron chi connectivity index (χ2n) is 9.82. The first-order valence-corrected chi connectivity index (χ1v) is 14.7. The van der Waals surface area contributed by atoms with Crippen molar-refractivity contribution in [2.24, 2.45) is 5.11 Å². The van der Waals surface area contributed by atoms with Gasteiger partial charge in [-0.1, -0.05) is 35.4 Å². The number of azide groups is 1. The number of ether oxygens (including phenoxy) is 2. The zero-order chi connectivity index (χ0) is 33.7. The molecule has 0 aliphatic carbocycles. The van der Waals surface area contributed by atoms with Crippen LogP contribution < -0.4 is 20.9 Å². The molecule has 1 unspecified atom stereocenters. The lowest BCUT2D eigenvalue weighted by molar-refractivity contribution is -0.146. The van der Waals surface area contributed by atoms with Gasteiger partial charge in [0, 0.05) is 17.2 Å². The third-order valence-electron chi connectivity index (χ3n) is 6.52. The molecule has 0 amide bonds. The normalized spacial score (nSPS) is 23.1. The van der Waals surface area contributed by atoms with Crippen molar-refractivity contribution in [2.75, 3.05) is 6.61 Å². The third-order valence-corrected chi connectivity index (χ3v) is 8.14. The molecule has 4 N–H and O–H groups in total. The van der Waals surface area contributed by atoms with Gasteiger partial charge in [0.25, 0.3) is 5.56 Å². The topological polar surface area (TPSA) is 227 Å². The van der Waals surface area contributed by atoms with E-state index in [9.17, 15) is 47.9 Å². The Bertz CT molecular complexity index is 1750. The number of aliphatic hydroxyl groups is 2. The molecule has 0 spiro atoms. The van der Waals surface area contributed by atoms with Crippen LogP contribution in [0.15, 0.2) is 81.6 Å². The smallest absolute Gasteiger partial charge is 0.459 e. The molecule has 2 aromatic carbocycles. The number of hydrogen-bond acceptors (Lipinski definition) is 11. The van der Waals surface area contributed by atoms with Crippen LogP contribution in [-0.4, -0.2) is 56.3 Å². The Kier molecular flexibility index (Phi) is 10.4. The van der Waals surface area contributed by atoms with Gasteiger partial charge in [0.15, 0.2) is 6.23 Å². The van der Waals surface area contributed by atoms with Crippen LogP contribution in [0.3, 0.4) is 0 Å². The summed E-state index contributed by atoms with van der Waals surface area (Å²) in [6, 6.07) is 10.9. The molecule has 1 aliphatic rings. The van der Waals surface area contributed by atoms with Gasteiger partial charge in [-0.25, -0.2) is 9.36 Å². The number of alkyl halides is 3. The lowest BCUT2D eigenvalue weighted by Crippen LogP contribution is -2.45. The third kappa shape index (κ3) is 8.02. The van der Waals surface area contributed by atoms with Crippen LogP contribution in [-0.2, 0) is 36.1 Å². The highest BCUT2D eigenvalue weighted by Crippen LogP contribution is 2.48. The first kappa shape index (κ1) is 34.4. The summed E-state index contributed by atoms with van der Waals surface area (Å²) in [5.41, 5.74) is 4.34. The van der Waals surface area contributed by atoms with Crippen molar-refractivity contribution in [3.05, 3.63) is 109 Å². The minimum Gasteiger partial charge on any atom is -0.460 e. The second kappa shape index (κ2) is 13.9. The zero-order valence-electron chi connectivity index (χ0n) is 23.6. The van der Waals surface area contributed by atoms with Crippen LogP contribution in [0.2, 0.25) is 0 Å². The SMILES string of the molecule is C[C@H](NP(=O)(OC[C@@]1(N=[N+]=[N-])O[C@@H](n2ccc(=O)[nH]c2=O)[C@H](O)[C@@H]1O)Oc1ccc(C(F)(F)F)cc1)C(=O)OCc1ccccc1. The van der Waals surface area contributed by atoms with Gasteiger partial charge in [-0.05, 0) is 42.3 Å². The van der Waals surface area contributed by atoms with Crippen LogP contribution in [0.25, 0.3) is 10.4 Å². The summed E-state index contributed by atoms with van der Waals surface area (Å²) in [4.78, 5) is 41.0.